The van der Waals surface area contributed by atoms with Gasteiger partial charge in [-0.05, 0) is 30.2 Å². The van der Waals surface area contributed by atoms with E-state index in [1.165, 1.54) is 0 Å². The van der Waals surface area contributed by atoms with Crippen LogP contribution in [0.2, 0.25) is 0 Å². The fraction of sp³-hybridized carbons (Fsp3) is 0.200. The van der Waals surface area contributed by atoms with Gasteiger partial charge in [-0.1, -0.05) is 30.3 Å². The monoisotopic (exact) mass is 379 g/mol. The van der Waals surface area contributed by atoms with E-state index in [0.717, 1.165) is 11.3 Å². The van der Waals surface area contributed by atoms with E-state index < -0.39 is 17.9 Å². The van der Waals surface area contributed by atoms with Gasteiger partial charge in [-0.25, -0.2) is 0 Å². The van der Waals surface area contributed by atoms with Crippen LogP contribution in [0.3, 0.4) is 0 Å². The van der Waals surface area contributed by atoms with Crippen LogP contribution in [0, 0.1) is 6.92 Å². The molecule has 0 fully saturated rings. The number of carbonyl (C=O) groups excluding carboxylic acids is 2. The van der Waals surface area contributed by atoms with Gasteiger partial charge >= 0.3 is 11.8 Å². The van der Waals surface area contributed by atoms with Gasteiger partial charge in [0.05, 0.1) is 18.3 Å². The van der Waals surface area contributed by atoms with Gasteiger partial charge in [-0.2, -0.15) is 5.10 Å². The van der Waals surface area contributed by atoms with Crippen molar-refractivity contribution in [2.45, 2.75) is 19.6 Å². The van der Waals surface area contributed by atoms with E-state index in [-0.39, 0.29) is 12.4 Å². The van der Waals surface area contributed by atoms with Crippen LogP contribution in [0.5, 0.6) is 0 Å². The second kappa shape index (κ2) is 8.92. The second-order valence-corrected chi connectivity index (χ2v) is 6.26. The molecule has 1 unspecified atom stereocenters. The van der Waals surface area contributed by atoms with E-state index in [1.807, 2.05) is 37.3 Å². The summed E-state index contributed by atoms with van der Waals surface area (Å²) < 4.78 is 1.61. The number of nitrogens with one attached hydrogen (secondary N) is 2. The molecule has 28 heavy (non-hydrogen) atoms. The van der Waals surface area contributed by atoms with Gasteiger partial charge in [0.1, 0.15) is 0 Å². The van der Waals surface area contributed by atoms with Gasteiger partial charge in [-0.3, -0.25) is 19.3 Å². The Balaban J connectivity index is 1.50. The molecule has 8 heteroatoms. The number of rotatable bonds is 6. The number of aromatic nitrogens is 3. The fourth-order valence-electron chi connectivity index (χ4n) is 2.69. The number of aryl methyl sites for hydroxylation is 1. The number of hydrogen-bond donors (Lipinski definition) is 3. The zero-order chi connectivity index (χ0) is 19.9. The maximum atomic E-state index is 12.0. The number of nitrogens with zero attached hydrogens (tertiary/aromatic N) is 3. The molecule has 0 spiro atoms. The number of aliphatic hydroxyl groups is 1. The van der Waals surface area contributed by atoms with Gasteiger partial charge in [0.2, 0.25) is 0 Å². The lowest BCUT2D eigenvalue weighted by atomic mass is 10.0. The number of carbonyl (C=O) groups is 2. The van der Waals surface area contributed by atoms with Crippen LogP contribution < -0.4 is 10.6 Å². The smallest absolute Gasteiger partial charge is 0.314 e. The Kier molecular flexibility index (Phi) is 6.13. The normalized spacial score (nSPS) is 11.6. The summed E-state index contributed by atoms with van der Waals surface area (Å²) >= 11 is 0. The van der Waals surface area contributed by atoms with Crippen molar-refractivity contribution in [1.82, 2.24) is 20.1 Å². The summed E-state index contributed by atoms with van der Waals surface area (Å²) in [7, 11) is 0. The third-order valence-electron chi connectivity index (χ3n) is 4.14. The molecule has 2 amide bonds. The minimum atomic E-state index is -0.893. The second-order valence-electron chi connectivity index (χ2n) is 6.26. The van der Waals surface area contributed by atoms with Gasteiger partial charge in [-0.15, -0.1) is 0 Å². The Bertz CT molecular complexity index is 955. The molecule has 2 aromatic heterocycles. The Morgan fingerprint density at radius 3 is 2.64 bits per heavy atom. The van der Waals surface area contributed by atoms with Crippen LogP contribution in [0.25, 0.3) is 0 Å². The predicted molar refractivity (Wildman–Crippen MR) is 103 cm³/mol. The van der Waals surface area contributed by atoms with Crippen molar-refractivity contribution >= 4 is 17.6 Å². The molecule has 1 aromatic carbocycles. The van der Waals surface area contributed by atoms with E-state index >= 15 is 0 Å². The lowest BCUT2D eigenvalue weighted by molar-refractivity contribution is -0.136. The molecule has 0 bridgehead atoms. The minimum absolute atomic E-state index is 0.0643. The topological polar surface area (TPSA) is 109 Å². The van der Waals surface area contributed by atoms with Crippen molar-refractivity contribution in [2.24, 2.45) is 0 Å². The first-order valence-electron chi connectivity index (χ1n) is 8.79. The van der Waals surface area contributed by atoms with Crippen LogP contribution in [0.1, 0.15) is 22.9 Å². The van der Waals surface area contributed by atoms with E-state index in [9.17, 15) is 14.7 Å². The number of amides is 2. The number of hydrogen-bond acceptors (Lipinski definition) is 5. The molecule has 3 rings (SSSR count). The molecule has 2 heterocycles. The molecule has 0 radical (unpaired) electrons. The van der Waals surface area contributed by atoms with E-state index in [0.29, 0.717) is 12.1 Å². The largest absolute Gasteiger partial charge is 0.387 e. The molecule has 0 aliphatic carbocycles. The number of pyridine rings is 1. The Hall–Kier alpha value is -3.52. The highest BCUT2D eigenvalue weighted by Gasteiger charge is 2.17. The first-order valence-corrected chi connectivity index (χ1v) is 8.79. The third-order valence-corrected chi connectivity index (χ3v) is 4.14. The molecule has 3 aromatic rings. The number of benzene rings is 1. The average molecular weight is 379 g/mol. The first kappa shape index (κ1) is 19.2. The lowest BCUT2D eigenvalue weighted by Gasteiger charge is -2.14. The van der Waals surface area contributed by atoms with Gasteiger partial charge in [0.25, 0.3) is 0 Å². The minimum Gasteiger partial charge on any atom is -0.387 e. The maximum absolute atomic E-state index is 12.0. The third kappa shape index (κ3) is 5.01. The van der Waals surface area contributed by atoms with Gasteiger partial charge in [0, 0.05) is 25.0 Å². The first-order chi connectivity index (χ1) is 13.5. The summed E-state index contributed by atoms with van der Waals surface area (Å²) in [4.78, 5) is 28.2. The SMILES string of the molecule is Cc1ccccc1C(O)CNC(=O)C(=O)Nc1ccn(Cc2ccccn2)n1. The molecule has 8 nitrogen and oxygen atoms in total. The molecular formula is C20H21N5O3. The summed E-state index contributed by atoms with van der Waals surface area (Å²) in [5.41, 5.74) is 2.44. The molecule has 144 valence electrons. The maximum Gasteiger partial charge on any atom is 0.314 e. The molecule has 3 N–H and O–H groups in total. The molecule has 0 aliphatic rings. The van der Waals surface area contributed by atoms with Crippen molar-refractivity contribution < 1.29 is 14.7 Å². The van der Waals surface area contributed by atoms with Crippen LogP contribution >= 0.6 is 0 Å². The molecule has 0 aliphatic heterocycles. The number of anilines is 1. The zero-order valence-electron chi connectivity index (χ0n) is 15.4. The summed E-state index contributed by atoms with van der Waals surface area (Å²) in [5.74, 6) is -1.43. The highest BCUT2D eigenvalue weighted by Crippen LogP contribution is 2.16. The predicted octanol–water partition coefficient (Wildman–Crippen LogP) is 1.42. The van der Waals surface area contributed by atoms with Crippen molar-refractivity contribution in [3.8, 4) is 0 Å². The Morgan fingerprint density at radius 2 is 1.89 bits per heavy atom. The van der Waals surface area contributed by atoms with Crippen LogP contribution in [0.15, 0.2) is 60.9 Å². The zero-order valence-corrected chi connectivity index (χ0v) is 15.4. The summed E-state index contributed by atoms with van der Waals surface area (Å²) in [6, 6.07) is 14.5. The Morgan fingerprint density at radius 1 is 1.11 bits per heavy atom. The van der Waals surface area contributed by atoms with Gasteiger partial charge < -0.3 is 15.7 Å². The van der Waals surface area contributed by atoms with Crippen molar-refractivity contribution in [3.05, 3.63) is 77.7 Å². The van der Waals surface area contributed by atoms with Crippen LogP contribution in [-0.4, -0.2) is 38.2 Å². The Labute approximate surface area is 162 Å². The molecular weight excluding hydrogens is 358 g/mol. The van der Waals surface area contributed by atoms with Crippen molar-refractivity contribution in [3.63, 3.8) is 0 Å². The molecule has 0 saturated heterocycles. The summed E-state index contributed by atoms with van der Waals surface area (Å²) in [5, 5.41) is 19.3. The average Bonchev–Trinajstić information content (AvgIpc) is 3.13. The van der Waals surface area contributed by atoms with Crippen molar-refractivity contribution in [2.75, 3.05) is 11.9 Å². The van der Waals surface area contributed by atoms with Crippen molar-refractivity contribution in [1.29, 1.82) is 0 Å². The van der Waals surface area contributed by atoms with E-state index in [1.54, 1.807) is 35.3 Å². The highest BCUT2D eigenvalue weighted by atomic mass is 16.3. The van der Waals surface area contributed by atoms with E-state index in [2.05, 4.69) is 20.7 Å². The highest BCUT2D eigenvalue weighted by molar-refractivity contribution is 6.39. The van der Waals surface area contributed by atoms with Crippen LogP contribution in [-0.2, 0) is 16.1 Å². The van der Waals surface area contributed by atoms with Crippen LogP contribution in [0.4, 0.5) is 5.82 Å². The molecule has 0 saturated carbocycles. The fourth-order valence-corrected chi connectivity index (χ4v) is 2.69. The van der Waals surface area contributed by atoms with Gasteiger partial charge in [0.15, 0.2) is 5.82 Å². The summed E-state index contributed by atoms with van der Waals surface area (Å²) in [6.07, 6.45) is 2.48. The standard InChI is InChI=1S/C20H21N5O3/c1-14-6-2-3-8-16(14)17(26)12-22-19(27)20(28)23-18-9-11-25(24-18)13-15-7-4-5-10-21-15/h2-11,17,26H,12-13H2,1H3,(H,22,27)(H,23,24,28). The summed E-state index contributed by atoms with van der Waals surface area (Å²) in [6.45, 7) is 2.26. The quantitative estimate of drug-likeness (QED) is 0.561. The van der Waals surface area contributed by atoms with E-state index in [4.69, 9.17) is 0 Å². The lowest BCUT2D eigenvalue weighted by Crippen LogP contribution is -2.37. The number of aliphatic hydroxyl groups excluding tert-OH is 1. The molecule has 1 atom stereocenters.